The fourth-order valence-corrected chi connectivity index (χ4v) is 6.81. The molecule has 212 valence electrons. The molecule has 2 aliphatic rings. The number of carbonyl (C=O) groups excluding carboxylic acids is 1. The first-order chi connectivity index (χ1) is 19.2. The molecule has 2 aromatic heterocycles. The minimum Gasteiger partial charge on any atom is -0.494 e. The maximum absolute atomic E-state index is 13.1. The van der Waals surface area contributed by atoms with Gasteiger partial charge in [0, 0.05) is 36.1 Å². The largest absolute Gasteiger partial charge is 0.494 e. The van der Waals surface area contributed by atoms with Crippen molar-refractivity contribution in [3.8, 4) is 17.0 Å². The first kappa shape index (κ1) is 28.5. The quantitative estimate of drug-likeness (QED) is 0.345. The lowest BCUT2D eigenvalue weighted by molar-refractivity contribution is -0.142. The number of carboxylic acids is 1. The fraction of sp³-hybridized carbons (Fsp3) is 0.444. The van der Waals surface area contributed by atoms with E-state index in [1.54, 1.807) is 18.3 Å². The predicted octanol–water partition coefficient (Wildman–Crippen LogP) is 5.45. The molecule has 0 bridgehead atoms. The summed E-state index contributed by atoms with van der Waals surface area (Å²) in [5.41, 5.74) is 1.61. The summed E-state index contributed by atoms with van der Waals surface area (Å²) in [7, 11) is 1.51. The number of hydrogen-bond donors (Lipinski definition) is 2. The highest BCUT2D eigenvalue weighted by molar-refractivity contribution is 7.16. The Morgan fingerprint density at radius 2 is 1.85 bits per heavy atom. The fourth-order valence-electron chi connectivity index (χ4n) is 5.16. The second-order valence-electron chi connectivity index (χ2n) is 10.0. The highest BCUT2D eigenvalue weighted by Crippen LogP contribution is 2.40. The maximum Gasteiger partial charge on any atom is 0.306 e. The summed E-state index contributed by atoms with van der Waals surface area (Å²) in [6.45, 7) is 5.07. The van der Waals surface area contributed by atoms with E-state index in [0.29, 0.717) is 71.0 Å². The molecule has 1 amide bonds. The summed E-state index contributed by atoms with van der Waals surface area (Å²) in [5, 5.41) is 13.3. The van der Waals surface area contributed by atoms with E-state index in [2.05, 4.69) is 27.1 Å². The zero-order chi connectivity index (χ0) is 28.4. The van der Waals surface area contributed by atoms with Crippen LogP contribution in [0.25, 0.3) is 11.3 Å². The van der Waals surface area contributed by atoms with Crippen LogP contribution in [-0.2, 0) is 11.3 Å². The molecule has 1 aromatic carbocycles. The zero-order valence-electron chi connectivity index (χ0n) is 22.2. The standard InChI is InChI=1S/C27H30Cl2N6O4S/c1-15-4-3-7-35(15)14-21-23(17-10-18(28)24(39-2)19(29)11-17)32-27(40-21)33-25(36)20-12-31-22(13-30-20)34-8-5-16(6-9-34)26(37)38/h10-13,15-16H,3-9,14H2,1-2H3,(H,37,38)(H,32,33,36)/t15-/m1/s1. The topological polar surface area (TPSA) is 121 Å². The van der Waals surface area contributed by atoms with E-state index in [-0.39, 0.29) is 11.6 Å². The third-order valence-corrected chi connectivity index (χ3v) is 8.99. The maximum atomic E-state index is 13.1. The van der Waals surface area contributed by atoms with Crippen molar-refractivity contribution in [3.05, 3.63) is 45.1 Å². The minimum absolute atomic E-state index is 0.158. The van der Waals surface area contributed by atoms with Crippen LogP contribution in [0.15, 0.2) is 24.5 Å². The molecule has 0 aliphatic carbocycles. The summed E-state index contributed by atoms with van der Waals surface area (Å²) in [4.78, 5) is 43.1. The van der Waals surface area contributed by atoms with Gasteiger partial charge in [-0.25, -0.2) is 15.0 Å². The molecule has 10 nitrogen and oxygen atoms in total. The van der Waals surface area contributed by atoms with Gasteiger partial charge in [0.2, 0.25) is 0 Å². The van der Waals surface area contributed by atoms with Crippen LogP contribution in [-0.4, -0.2) is 69.6 Å². The van der Waals surface area contributed by atoms with E-state index in [0.717, 1.165) is 29.8 Å². The van der Waals surface area contributed by atoms with E-state index in [9.17, 15) is 14.7 Å². The van der Waals surface area contributed by atoms with Gasteiger partial charge in [0.25, 0.3) is 5.91 Å². The van der Waals surface area contributed by atoms with Gasteiger partial charge in [-0.1, -0.05) is 34.5 Å². The first-order valence-electron chi connectivity index (χ1n) is 13.1. The molecular formula is C27H30Cl2N6O4S. The summed E-state index contributed by atoms with van der Waals surface area (Å²) in [6, 6.07) is 4.00. The highest BCUT2D eigenvalue weighted by Gasteiger charge is 2.27. The van der Waals surface area contributed by atoms with Gasteiger partial charge in [0.15, 0.2) is 10.9 Å². The third-order valence-electron chi connectivity index (χ3n) is 7.47. The van der Waals surface area contributed by atoms with Gasteiger partial charge < -0.3 is 14.7 Å². The summed E-state index contributed by atoms with van der Waals surface area (Å²) < 4.78 is 5.30. The number of ether oxygens (including phenoxy) is 1. The number of benzene rings is 1. The summed E-state index contributed by atoms with van der Waals surface area (Å²) in [6.07, 6.45) is 6.36. The van der Waals surface area contributed by atoms with Crippen molar-refractivity contribution >= 4 is 57.4 Å². The Bertz CT molecular complexity index is 1370. The van der Waals surface area contributed by atoms with Crippen molar-refractivity contribution in [1.82, 2.24) is 19.9 Å². The molecule has 0 spiro atoms. The molecule has 3 aromatic rings. The molecular weight excluding hydrogens is 575 g/mol. The van der Waals surface area contributed by atoms with E-state index >= 15 is 0 Å². The molecule has 2 saturated heterocycles. The van der Waals surface area contributed by atoms with Crippen molar-refractivity contribution in [2.24, 2.45) is 5.92 Å². The van der Waals surface area contributed by atoms with E-state index in [1.807, 2.05) is 4.90 Å². The number of halogens is 2. The number of carboxylic acid groups (broad SMARTS) is 1. The highest BCUT2D eigenvalue weighted by atomic mass is 35.5. The molecule has 2 fully saturated rings. The Morgan fingerprint density at radius 3 is 2.42 bits per heavy atom. The van der Waals surface area contributed by atoms with Crippen molar-refractivity contribution in [2.45, 2.75) is 45.2 Å². The molecule has 0 unspecified atom stereocenters. The van der Waals surface area contributed by atoms with Gasteiger partial charge in [-0.2, -0.15) is 0 Å². The van der Waals surface area contributed by atoms with Crippen LogP contribution >= 0.6 is 34.5 Å². The van der Waals surface area contributed by atoms with E-state index in [4.69, 9.17) is 32.9 Å². The van der Waals surface area contributed by atoms with Gasteiger partial charge in [0.05, 0.1) is 41.2 Å². The van der Waals surface area contributed by atoms with Gasteiger partial charge in [0.1, 0.15) is 11.5 Å². The van der Waals surface area contributed by atoms with Crippen molar-refractivity contribution in [1.29, 1.82) is 0 Å². The van der Waals surface area contributed by atoms with Gasteiger partial charge >= 0.3 is 5.97 Å². The number of anilines is 2. The number of aromatic nitrogens is 3. The number of carbonyl (C=O) groups is 2. The number of nitrogens with one attached hydrogen (secondary N) is 1. The van der Waals surface area contributed by atoms with Crippen LogP contribution < -0.4 is 15.0 Å². The smallest absolute Gasteiger partial charge is 0.306 e. The minimum atomic E-state index is -0.764. The van der Waals surface area contributed by atoms with Gasteiger partial charge in [-0.05, 0) is 51.3 Å². The number of amides is 1. The molecule has 1 atom stereocenters. The Balaban J connectivity index is 1.34. The van der Waals surface area contributed by atoms with Crippen molar-refractivity contribution in [2.75, 3.05) is 37.0 Å². The lowest BCUT2D eigenvalue weighted by atomic mass is 9.97. The average Bonchev–Trinajstić information content (AvgIpc) is 3.54. The number of thiazole rings is 1. The molecule has 2 N–H and O–H groups in total. The van der Waals surface area contributed by atoms with E-state index in [1.165, 1.54) is 24.6 Å². The van der Waals surface area contributed by atoms with E-state index < -0.39 is 11.9 Å². The lowest BCUT2D eigenvalue weighted by Crippen LogP contribution is -2.36. The summed E-state index contributed by atoms with van der Waals surface area (Å²) in [5.74, 6) is -0.498. The Morgan fingerprint density at radius 1 is 1.12 bits per heavy atom. The molecule has 0 saturated carbocycles. The van der Waals surface area contributed by atoms with Crippen LogP contribution in [0, 0.1) is 5.92 Å². The number of methoxy groups -OCH3 is 1. The second kappa shape index (κ2) is 12.3. The van der Waals surface area contributed by atoms with Crippen LogP contribution in [0.2, 0.25) is 10.0 Å². The molecule has 5 rings (SSSR count). The predicted molar refractivity (Wildman–Crippen MR) is 156 cm³/mol. The number of likely N-dealkylation sites (tertiary alicyclic amines) is 1. The summed E-state index contributed by atoms with van der Waals surface area (Å²) >= 11 is 14.3. The Hall–Kier alpha value is -2.99. The van der Waals surface area contributed by atoms with Crippen LogP contribution in [0.1, 0.15) is 48.0 Å². The monoisotopic (exact) mass is 604 g/mol. The molecule has 2 aliphatic heterocycles. The van der Waals surface area contributed by atoms with Gasteiger partial charge in [-0.3, -0.25) is 19.8 Å². The number of nitrogens with zero attached hydrogens (tertiary/aromatic N) is 5. The van der Waals surface area contributed by atoms with Crippen molar-refractivity contribution in [3.63, 3.8) is 0 Å². The normalized spacial score (nSPS) is 18.2. The number of aliphatic carboxylic acids is 1. The molecule has 4 heterocycles. The number of rotatable bonds is 8. The molecule has 40 heavy (non-hydrogen) atoms. The van der Waals surface area contributed by atoms with Crippen LogP contribution in [0.5, 0.6) is 5.75 Å². The molecule has 13 heteroatoms. The Labute approximate surface area is 246 Å². The third kappa shape index (κ3) is 6.17. The van der Waals surface area contributed by atoms with Crippen molar-refractivity contribution < 1.29 is 19.4 Å². The zero-order valence-corrected chi connectivity index (χ0v) is 24.5. The Kier molecular flexibility index (Phi) is 8.74. The average molecular weight is 606 g/mol. The van der Waals surface area contributed by atoms with Gasteiger partial charge in [-0.15, -0.1) is 0 Å². The molecule has 0 radical (unpaired) electrons. The first-order valence-corrected chi connectivity index (χ1v) is 14.7. The lowest BCUT2D eigenvalue weighted by Gasteiger charge is -2.30. The van der Waals surface area contributed by atoms with Crippen LogP contribution in [0.4, 0.5) is 10.9 Å². The number of piperidine rings is 1. The number of hydrogen-bond acceptors (Lipinski definition) is 9. The van der Waals surface area contributed by atoms with Crippen LogP contribution in [0.3, 0.4) is 0 Å². The second-order valence-corrected chi connectivity index (χ2v) is 11.9. The SMILES string of the molecule is COc1c(Cl)cc(-c2nc(NC(=O)c3cnc(N4CCC(C(=O)O)CC4)cn3)sc2CN2CCC[C@H]2C)cc1Cl.